The van der Waals surface area contributed by atoms with E-state index in [1.54, 1.807) is 19.2 Å². The molecule has 0 aromatic carbocycles. The summed E-state index contributed by atoms with van der Waals surface area (Å²) in [5.74, 6) is 5.67. The molecule has 0 radical (unpaired) electrons. The normalized spacial score (nSPS) is 10.2. The standard InChI is InChI=1S/C9H10N6O2/c1-6-4-5-14(13-6)9-7(15(16)17)2-3-8(11-9)12-10/h2-5H,10H2,1H3,(H,11,12). The largest absolute Gasteiger partial charge is 0.313 e. The van der Waals surface area contributed by atoms with Crippen molar-refractivity contribution in [3.63, 3.8) is 0 Å². The lowest BCUT2D eigenvalue weighted by Crippen LogP contribution is -2.11. The Bertz CT molecular complexity index is 564. The number of aryl methyl sites for hydroxylation is 1. The maximum atomic E-state index is 10.9. The number of aromatic nitrogens is 3. The van der Waals surface area contributed by atoms with E-state index in [1.165, 1.54) is 16.8 Å². The van der Waals surface area contributed by atoms with Crippen LogP contribution in [0.3, 0.4) is 0 Å². The van der Waals surface area contributed by atoms with E-state index in [0.29, 0.717) is 5.82 Å². The van der Waals surface area contributed by atoms with Crippen LogP contribution < -0.4 is 11.3 Å². The molecular formula is C9H10N6O2. The van der Waals surface area contributed by atoms with Crippen molar-refractivity contribution in [3.8, 4) is 5.82 Å². The molecule has 0 saturated heterocycles. The number of hydrogen-bond acceptors (Lipinski definition) is 6. The zero-order valence-electron chi connectivity index (χ0n) is 8.99. The van der Waals surface area contributed by atoms with Crippen LogP contribution in [-0.2, 0) is 0 Å². The fraction of sp³-hybridized carbons (Fsp3) is 0.111. The molecule has 0 bridgehead atoms. The van der Waals surface area contributed by atoms with Crippen molar-refractivity contribution in [2.45, 2.75) is 6.92 Å². The van der Waals surface area contributed by atoms with Gasteiger partial charge in [-0.2, -0.15) is 5.10 Å². The van der Waals surface area contributed by atoms with E-state index in [9.17, 15) is 10.1 Å². The Hall–Kier alpha value is -2.48. The molecule has 8 nitrogen and oxygen atoms in total. The number of hydrazine groups is 1. The van der Waals surface area contributed by atoms with Crippen molar-refractivity contribution in [3.05, 3.63) is 40.2 Å². The Morgan fingerprint density at radius 1 is 1.47 bits per heavy atom. The highest BCUT2D eigenvalue weighted by atomic mass is 16.6. The van der Waals surface area contributed by atoms with Crippen molar-refractivity contribution in [1.29, 1.82) is 0 Å². The van der Waals surface area contributed by atoms with Gasteiger partial charge in [-0.15, -0.1) is 0 Å². The summed E-state index contributed by atoms with van der Waals surface area (Å²) in [7, 11) is 0. The molecule has 0 aliphatic rings. The molecule has 0 amide bonds. The average molecular weight is 234 g/mol. The second-order valence-electron chi connectivity index (χ2n) is 3.34. The number of hydrogen-bond donors (Lipinski definition) is 2. The van der Waals surface area contributed by atoms with Gasteiger partial charge in [-0.1, -0.05) is 0 Å². The van der Waals surface area contributed by atoms with Crippen molar-refractivity contribution < 1.29 is 4.92 Å². The number of nitrogen functional groups attached to an aromatic ring is 1. The molecule has 0 aliphatic heterocycles. The average Bonchev–Trinajstić information content (AvgIpc) is 2.75. The van der Waals surface area contributed by atoms with Crippen molar-refractivity contribution in [1.82, 2.24) is 14.8 Å². The monoisotopic (exact) mass is 234 g/mol. The van der Waals surface area contributed by atoms with Gasteiger partial charge in [0, 0.05) is 12.3 Å². The smallest absolute Gasteiger partial charge is 0.308 e. The van der Waals surface area contributed by atoms with Gasteiger partial charge in [0.25, 0.3) is 0 Å². The number of rotatable bonds is 3. The number of anilines is 1. The quantitative estimate of drug-likeness (QED) is 0.461. The molecule has 17 heavy (non-hydrogen) atoms. The van der Waals surface area contributed by atoms with Crippen LogP contribution in [0.5, 0.6) is 0 Å². The van der Waals surface area contributed by atoms with Crippen LogP contribution in [0, 0.1) is 17.0 Å². The van der Waals surface area contributed by atoms with Crippen LogP contribution in [0.25, 0.3) is 5.82 Å². The predicted octanol–water partition coefficient (Wildman–Crippen LogP) is 0.770. The third-order valence-corrected chi connectivity index (χ3v) is 2.14. The molecule has 2 heterocycles. The number of nitrogens with zero attached hydrogens (tertiary/aromatic N) is 4. The first kappa shape index (κ1) is 11.0. The van der Waals surface area contributed by atoms with Gasteiger partial charge in [0.2, 0.25) is 5.82 Å². The Morgan fingerprint density at radius 2 is 2.24 bits per heavy atom. The number of pyridine rings is 1. The molecular weight excluding hydrogens is 224 g/mol. The summed E-state index contributed by atoms with van der Waals surface area (Å²) >= 11 is 0. The molecule has 2 rings (SSSR count). The summed E-state index contributed by atoms with van der Waals surface area (Å²) in [4.78, 5) is 14.4. The Labute approximate surface area is 96.2 Å². The highest BCUT2D eigenvalue weighted by Gasteiger charge is 2.18. The Morgan fingerprint density at radius 3 is 2.76 bits per heavy atom. The zero-order valence-corrected chi connectivity index (χ0v) is 8.99. The number of nitrogens with one attached hydrogen (secondary N) is 1. The van der Waals surface area contributed by atoms with Crippen LogP contribution >= 0.6 is 0 Å². The minimum absolute atomic E-state index is 0.124. The SMILES string of the molecule is Cc1ccn(-c2nc(NN)ccc2[N+](=O)[O-])n1. The van der Waals surface area contributed by atoms with E-state index in [2.05, 4.69) is 15.5 Å². The van der Waals surface area contributed by atoms with Crippen molar-refractivity contribution >= 4 is 11.5 Å². The molecule has 0 fully saturated rings. The van der Waals surface area contributed by atoms with Gasteiger partial charge in [-0.3, -0.25) is 10.1 Å². The lowest BCUT2D eigenvalue weighted by atomic mass is 10.4. The minimum atomic E-state index is -0.514. The third kappa shape index (κ3) is 2.06. The second kappa shape index (κ2) is 4.18. The van der Waals surface area contributed by atoms with E-state index >= 15 is 0 Å². The van der Waals surface area contributed by atoms with E-state index in [-0.39, 0.29) is 11.5 Å². The van der Waals surface area contributed by atoms with Gasteiger partial charge in [-0.25, -0.2) is 15.5 Å². The molecule has 2 aromatic rings. The lowest BCUT2D eigenvalue weighted by molar-refractivity contribution is -0.384. The third-order valence-electron chi connectivity index (χ3n) is 2.14. The molecule has 0 aliphatic carbocycles. The van der Waals surface area contributed by atoms with Gasteiger partial charge in [0.05, 0.1) is 10.6 Å². The van der Waals surface area contributed by atoms with Crippen molar-refractivity contribution in [2.75, 3.05) is 5.43 Å². The van der Waals surface area contributed by atoms with E-state index in [1.807, 2.05) is 0 Å². The fourth-order valence-corrected chi connectivity index (χ4v) is 1.37. The summed E-state index contributed by atoms with van der Waals surface area (Å²) in [6.45, 7) is 1.79. The van der Waals surface area contributed by atoms with Crippen LogP contribution in [-0.4, -0.2) is 19.7 Å². The summed E-state index contributed by atoms with van der Waals surface area (Å²) in [6, 6.07) is 4.49. The minimum Gasteiger partial charge on any atom is -0.308 e. The summed E-state index contributed by atoms with van der Waals surface area (Å²) < 4.78 is 1.34. The predicted molar refractivity (Wildman–Crippen MR) is 60.6 cm³/mol. The van der Waals surface area contributed by atoms with Crippen LogP contribution in [0.2, 0.25) is 0 Å². The van der Waals surface area contributed by atoms with Gasteiger partial charge in [0.15, 0.2) is 0 Å². The molecule has 8 heteroatoms. The van der Waals surface area contributed by atoms with Gasteiger partial charge >= 0.3 is 5.69 Å². The number of nitrogens with two attached hydrogens (primary N) is 1. The molecule has 2 aromatic heterocycles. The summed E-state index contributed by atoms with van der Waals surface area (Å²) in [5.41, 5.74) is 2.95. The van der Waals surface area contributed by atoms with Gasteiger partial charge in [-0.05, 0) is 19.1 Å². The van der Waals surface area contributed by atoms with Gasteiger partial charge in [0.1, 0.15) is 5.82 Å². The first-order valence-corrected chi connectivity index (χ1v) is 4.76. The lowest BCUT2D eigenvalue weighted by Gasteiger charge is -2.04. The topological polar surface area (TPSA) is 112 Å². The van der Waals surface area contributed by atoms with E-state index in [0.717, 1.165) is 5.69 Å². The molecule has 0 saturated carbocycles. The summed E-state index contributed by atoms with van der Waals surface area (Å²) in [6.07, 6.45) is 1.60. The molecule has 3 N–H and O–H groups in total. The van der Waals surface area contributed by atoms with Crippen LogP contribution in [0.1, 0.15) is 5.69 Å². The van der Waals surface area contributed by atoms with E-state index < -0.39 is 4.92 Å². The second-order valence-corrected chi connectivity index (χ2v) is 3.34. The Kier molecular flexibility index (Phi) is 2.71. The molecule has 0 atom stereocenters. The summed E-state index contributed by atoms with van der Waals surface area (Å²) in [5, 5.41) is 15.0. The highest BCUT2D eigenvalue weighted by molar-refractivity contribution is 5.52. The Balaban J connectivity index is 2.60. The zero-order chi connectivity index (χ0) is 12.4. The first-order chi connectivity index (χ1) is 8.11. The maximum absolute atomic E-state index is 10.9. The first-order valence-electron chi connectivity index (χ1n) is 4.76. The van der Waals surface area contributed by atoms with Crippen LogP contribution in [0.15, 0.2) is 24.4 Å². The fourth-order valence-electron chi connectivity index (χ4n) is 1.37. The van der Waals surface area contributed by atoms with E-state index in [4.69, 9.17) is 5.84 Å². The molecule has 0 spiro atoms. The van der Waals surface area contributed by atoms with Crippen LogP contribution in [0.4, 0.5) is 11.5 Å². The van der Waals surface area contributed by atoms with Gasteiger partial charge < -0.3 is 5.43 Å². The maximum Gasteiger partial charge on any atom is 0.313 e. The molecule has 88 valence electrons. The molecule has 0 unspecified atom stereocenters. The highest BCUT2D eigenvalue weighted by Crippen LogP contribution is 2.22. The number of nitro groups is 1. The van der Waals surface area contributed by atoms with Crippen molar-refractivity contribution in [2.24, 2.45) is 5.84 Å².